The average Bonchev–Trinajstić information content (AvgIpc) is 2.00. The van der Waals surface area contributed by atoms with Crippen LogP contribution >= 0.6 is 0 Å². The van der Waals surface area contributed by atoms with Crippen LogP contribution < -0.4 is 5.32 Å². The Morgan fingerprint density at radius 1 is 1.14 bits per heavy atom. The van der Waals surface area contributed by atoms with E-state index in [2.05, 4.69) is 39.9 Å². The van der Waals surface area contributed by atoms with Gasteiger partial charge < -0.3 is 10.1 Å². The highest BCUT2D eigenvalue weighted by atomic mass is 16.5. The summed E-state index contributed by atoms with van der Waals surface area (Å²) in [5.74, 6) is 1.39. The van der Waals surface area contributed by atoms with Crippen molar-refractivity contribution >= 4 is 0 Å². The maximum absolute atomic E-state index is 5.13. The van der Waals surface area contributed by atoms with Crippen molar-refractivity contribution in [1.29, 1.82) is 0 Å². The molecule has 0 aliphatic rings. The van der Waals surface area contributed by atoms with Gasteiger partial charge in [0.25, 0.3) is 0 Å². The van der Waals surface area contributed by atoms with Crippen molar-refractivity contribution in [2.75, 3.05) is 20.3 Å². The van der Waals surface area contributed by atoms with Gasteiger partial charge in [-0.2, -0.15) is 0 Å². The van der Waals surface area contributed by atoms with E-state index in [1.807, 2.05) is 0 Å². The third-order valence-corrected chi connectivity index (χ3v) is 2.24. The highest BCUT2D eigenvalue weighted by molar-refractivity contribution is 4.72. The van der Waals surface area contributed by atoms with Crippen molar-refractivity contribution in [2.45, 2.75) is 46.6 Å². The zero-order valence-corrected chi connectivity index (χ0v) is 10.7. The summed E-state index contributed by atoms with van der Waals surface area (Å²) in [6.07, 6.45) is 1.23. The molecular formula is C12H27NO. The van der Waals surface area contributed by atoms with Gasteiger partial charge in [0, 0.05) is 19.3 Å². The van der Waals surface area contributed by atoms with Crippen LogP contribution in [0, 0.1) is 11.8 Å². The molecule has 0 aromatic carbocycles. The predicted molar refractivity (Wildman–Crippen MR) is 62.6 cm³/mol. The molecule has 0 radical (unpaired) electrons. The Bertz CT molecular complexity index is 140. The van der Waals surface area contributed by atoms with Gasteiger partial charge in [-0.25, -0.2) is 0 Å². The van der Waals surface area contributed by atoms with Crippen molar-refractivity contribution < 1.29 is 4.74 Å². The maximum Gasteiger partial charge on any atom is 0.0487 e. The quantitative estimate of drug-likeness (QED) is 0.713. The lowest BCUT2D eigenvalue weighted by Crippen LogP contribution is -2.39. The maximum atomic E-state index is 5.13. The lowest BCUT2D eigenvalue weighted by Gasteiger charge is -2.24. The Labute approximate surface area is 89.4 Å². The van der Waals surface area contributed by atoms with Crippen molar-refractivity contribution in [3.05, 3.63) is 0 Å². The molecule has 86 valence electrons. The highest BCUT2D eigenvalue weighted by Crippen LogP contribution is 2.12. The minimum Gasteiger partial charge on any atom is -0.384 e. The second kappa shape index (κ2) is 6.41. The van der Waals surface area contributed by atoms with Gasteiger partial charge in [0.05, 0.1) is 0 Å². The first-order valence-electron chi connectivity index (χ1n) is 5.59. The molecule has 1 N–H and O–H groups in total. The van der Waals surface area contributed by atoms with Gasteiger partial charge in [0.1, 0.15) is 0 Å². The first-order chi connectivity index (χ1) is 6.35. The smallest absolute Gasteiger partial charge is 0.0487 e. The van der Waals surface area contributed by atoms with Crippen molar-refractivity contribution in [1.82, 2.24) is 5.32 Å². The first-order valence-corrected chi connectivity index (χ1v) is 5.59. The van der Waals surface area contributed by atoms with Crippen molar-refractivity contribution in [3.8, 4) is 0 Å². The van der Waals surface area contributed by atoms with Crippen LogP contribution in [0.2, 0.25) is 0 Å². The highest BCUT2D eigenvalue weighted by Gasteiger charge is 2.13. The number of ether oxygens (including phenoxy) is 1. The third-order valence-electron chi connectivity index (χ3n) is 2.24. The van der Waals surface area contributed by atoms with Crippen LogP contribution in [0.1, 0.15) is 41.0 Å². The van der Waals surface area contributed by atoms with E-state index in [1.54, 1.807) is 7.11 Å². The molecule has 0 saturated heterocycles. The monoisotopic (exact) mass is 201 g/mol. The van der Waals surface area contributed by atoms with Crippen LogP contribution in [0.5, 0.6) is 0 Å². The summed E-state index contributed by atoms with van der Waals surface area (Å²) < 4.78 is 5.13. The molecule has 0 aliphatic carbocycles. The lowest BCUT2D eigenvalue weighted by atomic mass is 9.97. The van der Waals surface area contributed by atoms with Gasteiger partial charge in [0.15, 0.2) is 0 Å². The van der Waals surface area contributed by atoms with E-state index < -0.39 is 0 Å². The second-order valence-corrected chi connectivity index (χ2v) is 5.53. The van der Waals surface area contributed by atoms with Crippen molar-refractivity contribution in [3.63, 3.8) is 0 Å². The molecule has 0 aromatic rings. The largest absolute Gasteiger partial charge is 0.384 e. The zero-order valence-electron chi connectivity index (χ0n) is 10.7. The fraction of sp³-hybridized carbons (Fsp3) is 1.00. The molecule has 2 unspecified atom stereocenters. The number of hydrogen-bond acceptors (Lipinski definition) is 2. The molecule has 0 aromatic heterocycles. The van der Waals surface area contributed by atoms with Crippen LogP contribution in [0.4, 0.5) is 0 Å². The normalized spacial score (nSPS) is 16.7. The van der Waals surface area contributed by atoms with E-state index >= 15 is 0 Å². The van der Waals surface area contributed by atoms with Crippen LogP contribution in [0.15, 0.2) is 0 Å². The van der Waals surface area contributed by atoms with E-state index in [1.165, 1.54) is 6.42 Å². The molecule has 2 heteroatoms. The zero-order chi connectivity index (χ0) is 11.2. The fourth-order valence-corrected chi connectivity index (χ4v) is 1.60. The lowest BCUT2D eigenvalue weighted by molar-refractivity contribution is 0.146. The SMILES string of the molecule is COCC(C)CC(C)CNC(C)(C)C. The minimum absolute atomic E-state index is 0.235. The number of nitrogens with one attached hydrogen (secondary N) is 1. The minimum atomic E-state index is 0.235. The van der Waals surface area contributed by atoms with E-state index in [4.69, 9.17) is 4.74 Å². The van der Waals surface area contributed by atoms with Crippen LogP contribution in [-0.4, -0.2) is 25.8 Å². The topological polar surface area (TPSA) is 21.3 Å². The van der Waals surface area contributed by atoms with E-state index in [0.717, 1.165) is 19.1 Å². The molecule has 0 amide bonds. The second-order valence-electron chi connectivity index (χ2n) is 5.53. The fourth-order valence-electron chi connectivity index (χ4n) is 1.60. The summed E-state index contributed by atoms with van der Waals surface area (Å²) in [7, 11) is 1.77. The van der Waals surface area contributed by atoms with Gasteiger partial charge in [-0.1, -0.05) is 13.8 Å². The Morgan fingerprint density at radius 2 is 1.71 bits per heavy atom. The summed E-state index contributed by atoms with van der Waals surface area (Å²) in [6, 6.07) is 0. The molecule has 0 heterocycles. The summed E-state index contributed by atoms with van der Waals surface area (Å²) in [5, 5.41) is 3.53. The van der Waals surface area contributed by atoms with Crippen LogP contribution in [0.3, 0.4) is 0 Å². The number of methoxy groups -OCH3 is 1. The molecule has 14 heavy (non-hydrogen) atoms. The third kappa shape index (κ3) is 8.52. The average molecular weight is 201 g/mol. The number of hydrogen-bond donors (Lipinski definition) is 1. The summed E-state index contributed by atoms with van der Waals surface area (Å²) in [5.41, 5.74) is 0.235. The van der Waals surface area contributed by atoms with E-state index in [-0.39, 0.29) is 5.54 Å². The Kier molecular flexibility index (Phi) is 6.38. The Morgan fingerprint density at radius 3 is 2.14 bits per heavy atom. The molecule has 0 rings (SSSR count). The summed E-state index contributed by atoms with van der Waals surface area (Å²) >= 11 is 0. The number of rotatable bonds is 6. The molecular weight excluding hydrogens is 174 g/mol. The Hall–Kier alpha value is -0.0800. The van der Waals surface area contributed by atoms with Gasteiger partial charge in [-0.15, -0.1) is 0 Å². The molecule has 2 atom stereocenters. The van der Waals surface area contributed by atoms with E-state index in [9.17, 15) is 0 Å². The van der Waals surface area contributed by atoms with Crippen molar-refractivity contribution in [2.24, 2.45) is 11.8 Å². The molecule has 0 saturated carbocycles. The molecule has 0 fully saturated rings. The molecule has 0 bridgehead atoms. The van der Waals surface area contributed by atoms with Gasteiger partial charge in [0.2, 0.25) is 0 Å². The summed E-state index contributed by atoms with van der Waals surface area (Å²) in [6.45, 7) is 13.1. The Balaban J connectivity index is 3.59. The molecule has 0 spiro atoms. The van der Waals surface area contributed by atoms with Crippen LogP contribution in [0.25, 0.3) is 0 Å². The molecule has 2 nitrogen and oxygen atoms in total. The summed E-state index contributed by atoms with van der Waals surface area (Å²) in [4.78, 5) is 0. The van der Waals surface area contributed by atoms with Crippen LogP contribution in [-0.2, 0) is 4.74 Å². The molecule has 0 aliphatic heterocycles. The van der Waals surface area contributed by atoms with E-state index in [0.29, 0.717) is 5.92 Å². The predicted octanol–water partition coefficient (Wildman–Crippen LogP) is 2.68. The first kappa shape index (κ1) is 13.9. The standard InChI is InChI=1S/C12H27NO/c1-10(7-11(2)9-14-6)8-13-12(3,4)5/h10-11,13H,7-9H2,1-6H3. The van der Waals surface area contributed by atoms with Gasteiger partial charge in [-0.3, -0.25) is 0 Å². The van der Waals surface area contributed by atoms with Gasteiger partial charge >= 0.3 is 0 Å². The van der Waals surface area contributed by atoms with Gasteiger partial charge in [-0.05, 0) is 45.6 Å².